The number of fused-ring (bicyclic) bond motifs is 2. The van der Waals surface area contributed by atoms with Gasteiger partial charge in [0.1, 0.15) is 23.2 Å². The molecule has 2 aromatic rings. The minimum absolute atomic E-state index is 0.127. The van der Waals surface area contributed by atoms with Gasteiger partial charge in [-0.1, -0.05) is 6.07 Å². The number of nitrogens with one attached hydrogen (secondary N) is 1. The standard InChI is InChI=1S/C21H17FN2O4/c22-16-2-1-3-18(14(16)11-23)28-13-6-8-21(9-7-13)15-10-12(19(25)26)4-5-17(15)24-20(21)27/h1-5,10,13H,6-9H2,(H,24,27)(H,25,26). The average Bonchev–Trinajstić information content (AvgIpc) is 2.95. The predicted molar refractivity (Wildman–Crippen MR) is 97.7 cm³/mol. The number of carboxylic acid groups (broad SMARTS) is 1. The molecule has 2 aliphatic rings. The fourth-order valence-corrected chi connectivity index (χ4v) is 4.14. The van der Waals surface area contributed by atoms with E-state index in [-0.39, 0.29) is 28.9 Å². The summed E-state index contributed by atoms with van der Waals surface area (Å²) in [6.45, 7) is 0. The third-order valence-electron chi connectivity index (χ3n) is 5.63. The highest BCUT2D eigenvalue weighted by Gasteiger charge is 2.49. The lowest BCUT2D eigenvalue weighted by molar-refractivity contribution is -0.122. The molecule has 1 spiro atoms. The molecule has 2 N–H and O–H groups in total. The zero-order valence-corrected chi connectivity index (χ0v) is 14.9. The van der Waals surface area contributed by atoms with Crippen LogP contribution in [0.15, 0.2) is 36.4 Å². The van der Waals surface area contributed by atoms with E-state index in [9.17, 15) is 19.1 Å². The maximum Gasteiger partial charge on any atom is 0.335 e. The van der Waals surface area contributed by atoms with Crippen molar-refractivity contribution in [2.45, 2.75) is 37.2 Å². The third-order valence-corrected chi connectivity index (χ3v) is 5.63. The molecule has 0 atom stereocenters. The van der Waals surface area contributed by atoms with Gasteiger partial charge in [-0.15, -0.1) is 0 Å². The van der Waals surface area contributed by atoms with E-state index in [2.05, 4.69) is 5.32 Å². The number of ether oxygens (including phenoxy) is 1. The lowest BCUT2D eigenvalue weighted by Crippen LogP contribution is -2.41. The number of hydrogen-bond donors (Lipinski definition) is 2. The summed E-state index contributed by atoms with van der Waals surface area (Å²) in [5, 5.41) is 21.3. The van der Waals surface area contributed by atoms with E-state index in [1.807, 2.05) is 6.07 Å². The minimum Gasteiger partial charge on any atom is -0.489 e. The molecular weight excluding hydrogens is 363 g/mol. The Hall–Kier alpha value is -3.40. The summed E-state index contributed by atoms with van der Waals surface area (Å²) in [6.07, 6.45) is 1.78. The molecule has 1 saturated carbocycles. The van der Waals surface area contributed by atoms with Crippen LogP contribution in [0.3, 0.4) is 0 Å². The first kappa shape index (κ1) is 18.0. The van der Waals surface area contributed by atoms with Gasteiger partial charge in [-0.3, -0.25) is 4.79 Å². The topological polar surface area (TPSA) is 99.4 Å². The van der Waals surface area contributed by atoms with Crippen LogP contribution in [0, 0.1) is 17.1 Å². The lowest BCUT2D eigenvalue weighted by Gasteiger charge is -2.36. The Balaban J connectivity index is 1.56. The van der Waals surface area contributed by atoms with Crippen molar-refractivity contribution in [1.82, 2.24) is 0 Å². The number of anilines is 1. The van der Waals surface area contributed by atoms with Crippen molar-refractivity contribution in [3.8, 4) is 11.8 Å². The molecule has 0 saturated heterocycles. The summed E-state index contributed by atoms with van der Waals surface area (Å²) in [5.74, 6) is -1.60. The molecule has 6 nitrogen and oxygen atoms in total. The molecule has 0 aromatic heterocycles. The van der Waals surface area contributed by atoms with Crippen molar-refractivity contribution in [3.05, 3.63) is 58.9 Å². The van der Waals surface area contributed by atoms with Gasteiger partial charge in [0, 0.05) is 5.69 Å². The third kappa shape index (κ3) is 2.78. The predicted octanol–water partition coefficient (Wildman–Crippen LogP) is 3.61. The molecule has 1 fully saturated rings. The van der Waals surface area contributed by atoms with Crippen LogP contribution in [0.4, 0.5) is 10.1 Å². The van der Waals surface area contributed by atoms with Crippen LogP contribution in [0.5, 0.6) is 5.75 Å². The first-order chi connectivity index (χ1) is 13.4. The van der Waals surface area contributed by atoms with Gasteiger partial charge in [-0.05, 0) is 61.6 Å². The maximum atomic E-state index is 13.8. The maximum absolute atomic E-state index is 13.8. The van der Waals surface area contributed by atoms with E-state index in [0.717, 1.165) is 0 Å². The Morgan fingerprint density at radius 1 is 1.29 bits per heavy atom. The zero-order chi connectivity index (χ0) is 19.9. The summed E-state index contributed by atoms with van der Waals surface area (Å²) >= 11 is 0. The smallest absolute Gasteiger partial charge is 0.335 e. The second kappa shape index (κ2) is 6.64. The molecule has 0 unspecified atom stereocenters. The molecule has 28 heavy (non-hydrogen) atoms. The van der Waals surface area contributed by atoms with Crippen LogP contribution in [0.25, 0.3) is 0 Å². The van der Waals surface area contributed by atoms with Gasteiger partial charge in [0.05, 0.1) is 17.1 Å². The van der Waals surface area contributed by atoms with E-state index in [1.165, 1.54) is 18.2 Å². The van der Waals surface area contributed by atoms with Crippen molar-refractivity contribution < 1.29 is 23.8 Å². The largest absolute Gasteiger partial charge is 0.489 e. The summed E-state index contributed by atoms with van der Waals surface area (Å²) in [4.78, 5) is 24.0. The summed E-state index contributed by atoms with van der Waals surface area (Å²) in [7, 11) is 0. The van der Waals surface area contributed by atoms with Gasteiger partial charge < -0.3 is 15.2 Å². The van der Waals surface area contributed by atoms with Gasteiger partial charge in [0.15, 0.2) is 0 Å². The van der Waals surface area contributed by atoms with Gasteiger partial charge in [0.2, 0.25) is 5.91 Å². The molecule has 2 aromatic carbocycles. The highest BCUT2D eigenvalue weighted by Crippen LogP contribution is 2.48. The molecule has 142 valence electrons. The Morgan fingerprint density at radius 2 is 2.04 bits per heavy atom. The van der Waals surface area contributed by atoms with E-state index in [4.69, 9.17) is 10.00 Å². The molecule has 1 aliphatic heterocycles. The van der Waals surface area contributed by atoms with Crippen LogP contribution >= 0.6 is 0 Å². The van der Waals surface area contributed by atoms with Crippen LogP contribution in [0.1, 0.15) is 47.2 Å². The fourth-order valence-electron chi connectivity index (χ4n) is 4.14. The molecule has 1 aliphatic carbocycles. The normalized spacial score (nSPS) is 23.0. The number of hydrogen-bond acceptors (Lipinski definition) is 4. The number of carbonyl (C=O) groups excluding carboxylic acids is 1. The molecular formula is C21H17FN2O4. The number of aromatic carboxylic acids is 1. The van der Waals surface area contributed by atoms with Gasteiger partial charge in [-0.2, -0.15) is 5.26 Å². The number of amides is 1. The van der Waals surface area contributed by atoms with Crippen molar-refractivity contribution >= 4 is 17.6 Å². The summed E-state index contributed by atoms with van der Waals surface area (Å²) < 4.78 is 19.6. The van der Waals surface area contributed by atoms with E-state index in [0.29, 0.717) is 36.9 Å². The minimum atomic E-state index is -1.04. The number of nitrogens with zero attached hydrogens (tertiary/aromatic N) is 1. The van der Waals surface area contributed by atoms with Gasteiger partial charge in [-0.25, -0.2) is 9.18 Å². The van der Waals surface area contributed by atoms with Crippen molar-refractivity contribution in [2.24, 2.45) is 0 Å². The highest BCUT2D eigenvalue weighted by molar-refractivity contribution is 6.07. The Morgan fingerprint density at radius 3 is 2.71 bits per heavy atom. The monoisotopic (exact) mass is 380 g/mol. The second-order valence-electron chi connectivity index (χ2n) is 7.14. The average molecular weight is 380 g/mol. The quantitative estimate of drug-likeness (QED) is 0.847. The number of carboxylic acids is 1. The van der Waals surface area contributed by atoms with Crippen molar-refractivity contribution in [2.75, 3.05) is 5.32 Å². The van der Waals surface area contributed by atoms with Gasteiger partial charge >= 0.3 is 5.97 Å². The van der Waals surface area contributed by atoms with Gasteiger partial charge in [0.25, 0.3) is 0 Å². The molecule has 0 bridgehead atoms. The number of benzene rings is 2. The van der Waals surface area contributed by atoms with Crippen LogP contribution in [-0.4, -0.2) is 23.1 Å². The molecule has 1 heterocycles. The van der Waals surface area contributed by atoms with E-state index >= 15 is 0 Å². The summed E-state index contributed by atoms with van der Waals surface area (Å²) in [5.41, 5.74) is 0.593. The van der Waals surface area contributed by atoms with Crippen LogP contribution in [0.2, 0.25) is 0 Å². The number of nitriles is 1. The Labute approximate surface area is 160 Å². The lowest BCUT2D eigenvalue weighted by atomic mass is 9.69. The molecule has 4 rings (SSSR count). The molecule has 1 amide bonds. The SMILES string of the molecule is N#Cc1c(F)cccc1OC1CCC2(CC1)C(=O)Nc1ccc(C(=O)O)cc12. The number of rotatable bonds is 3. The number of carbonyl (C=O) groups is 2. The van der Waals surface area contributed by atoms with Crippen LogP contribution in [-0.2, 0) is 10.2 Å². The first-order valence-electron chi connectivity index (χ1n) is 8.99. The van der Waals surface area contributed by atoms with E-state index < -0.39 is 17.2 Å². The Bertz CT molecular complexity index is 1020. The van der Waals surface area contributed by atoms with Crippen molar-refractivity contribution in [3.63, 3.8) is 0 Å². The fraction of sp³-hybridized carbons (Fsp3) is 0.286. The summed E-state index contributed by atoms with van der Waals surface area (Å²) in [6, 6.07) is 10.7. The molecule has 0 radical (unpaired) electrons. The second-order valence-corrected chi connectivity index (χ2v) is 7.14. The van der Waals surface area contributed by atoms with Crippen molar-refractivity contribution in [1.29, 1.82) is 5.26 Å². The van der Waals surface area contributed by atoms with Crippen LogP contribution < -0.4 is 10.1 Å². The number of halogens is 1. The van der Waals surface area contributed by atoms with E-state index in [1.54, 1.807) is 18.2 Å². The first-order valence-corrected chi connectivity index (χ1v) is 8.99. The Kier molecular flexibility index (Phi) is 4.27. The molecule has 7 heteroatoms. The highest BCUT2D eigenvalue weighted by atomic mass is 19.1. The zero-order valence-electron chi connectivity index (χ0n) is 14.9.